The van der Waals surface area contributed by atoms with Gasteiger partial charge in [-0.05, 0) is 196 Å². The van der Waals surface area contributed by atoms with E-state index in [4.69, 9.17) is 0 Å². The molecule has 0 saturated heterocycles. The SMILES string of the molecule is CCCCc1ccc(N2B3c4cc(CCCC)cc5c4N(c4cc(CCCC)cc(c43)-c3cc4c(cc32)C(C)(C)c2cc3c(cc2-4)C(C)(C)CCC3(C)C)C2(C)CCCCC52C)c(-c2ccccc2)c1. The van der Waals surface area contributed by atoms with Gasteiger partial charge >= 0.3 is 6.85 Å². The third-order valence-electron chi connectivity index (χ3n) is 19.8. The van der Waals surface area contributed by atoms with Crippen LogP contribution in [-0.2, 0) is 40.9 Å². The highest BCUT2D eigenvalue weighted by molar-refractivity contribution is 6.93. The highest BCUT2D eigenvalue weighted by Crippen LogP contribution is 2.64. The Bertz CT molecular complexity index is 3100. The van der Waals surface area contributed by atoms with Crippen molar-refractivity contribution in [3.8, 4) is 33.4 Å². The van der Waals surface area contributed by atoms with E-state index >= 15 is 0 Å². The van der Waals surface area contributed by atoms with Crippen molar-refractivity contribution in [1.82, 2.24) is 0 Å². The lowest BCUT2D eigenvalue weighted by Gasteiger charge is -2.53. The molecule has 3 heterocycles. The second kappa shape index (κ2) is 16.2. The molecule has 70 heavy (non-hydrogen) atoms. The fourth-order valence-corrected chi connectivity index (χ4v) is 15.2. The maximum Gasteiger partial charge on any atom is 0.333 e. The van der Waals surface area contributed by atoms with Gasteiger partial charge in [-0.2, -0.15) is 0 Å². The predicted molar refractivity (Wildman–Crippen MR) is 302 cm³/mol. The number of hydrogen-bond donors (Lipinski definition) is 0. The van der Waals surface area contributed by atoms with Crippen molar-refractivity contribution in [2.45, 2.75) is 200 Å². The van der Waals surface area contributed by atoms with E-state index in [-0.39, 0.29) is 34.0 Å². The Hall–Kier alpha value is -5.02. The molecule has 6 aromatic carbocycles. The third-order valence-corrected chi connectivity index (χ3v) is 19.8. The quantitative estimate of drug-likeness (QED) is 0.120. The van der Waals surface area contributed by atoms with Gasteiger partial charge in [-0.25, -0.2) is 0 Å². The predicted octanol–water partition coefficient (Wildman–Crippen LogP) is 17.0. The summed E-state index contributed by atoms with van der Waals surface area (Å²) in [5.41, 5.74) is 29.5. The van der Waals surface area contributed by atoms with E-state index in [9.17, 15) is 0 Å². The number of rotatable bonds is 11. The summed E-state index contributed by atoms with van der Waals surface area (Å²) in [4.78, 5) is 5.88. The molecule has 0 radical (unpaired) electrons. The van der Waals surface area contributed by atoms with E-state index in [1.807, 2.05) is 0 Å². The van der Waals surface area contributed by atoms with Crippen LogP contribution in [0.4, 0.5) is 22.7 Å². The number of benzene rings is 6. The van der Waals surface area contributed by atoms with Gasteiger partial charge in [0, 0.05) is 44.7 Å². The second-order valence-corrected chi connectivity index (χ2v) is 25.4. The Morgan fingerprint density at radius 1 is 0.471 bits per heavy atom. The van der Waals surface area contributed by atoms with E-state index in [0.29, 0.717) is 0 Å². The summed E-state index contributed by atoms with van der Waals surface area (Å²) >= 11 is 0. The van der Waals surface area contributed by atoms with Crippen molar-refractivity contribution in [2.75, 3.05) is 9.71 Å². The van der Waals surface area contributed by atoms with Crippen molar-refractivity contribution < 1.29 is 0 Å². The van der Waals surface area contributed by atoms with Crippen molar-refractivity contribution >= 4 is 40.5 Å². The van der Waals surface area contributed by atoms with Crippen LogP contribution in [0.1, 0.15) is 198 Å². The summed E-state index contributed by atoms with van der Waals surface area (Å²) in [6.45, 7) is 27.4. The van der Waals surface area contributed by atoms with Gasteiger partial charge in [-0.1, -0.05) is 162 Å². The fourth-order valence-electron chi connectivity index (χ4n) is 15.2. The molecule has 0 bridgehead atoms. The Kier molecular flexibility index (Phi) is 10.7. The van der Waals surface area contributed by atoms with Gasteiger partial charge in [0.1, 0.15) is 0 Å². The third kappa shape index (κ3) is 6.50. The van der Waals surface area contributed by atoms with Gasteiger partial charge < -0.3 is 9.71 Å². The van der Waals surface area contributed by atoms with Crippen molar-refractivity contribution in [1.29, 1.82) is 0 Å². The highest BCUT2D eigenvalue weighted by Gasteiger charge is 2.62. The van der Waals surface area contributed by atoms with Gasteiger partial charge in [0.2, 0.25) is 0 Å². The number of unbranched alkanes of at least 4 members (excludes halogenated alkanes) is 3. The average Bonchev–Trinajstić information content (AvgIpc) is 3.70. The first kappa shape index (κ1) is 46.1. The molecule has 3 heteroatoms. The molecule has 0 aromatic heterocycles. The van der Waals surface area contributed by atoms with Gasteiger partial charge in [-0.15, -0.1) is 0 Å². The summed E-state index contributed by atoms with van der Waals surface area (Å²) in [5.74, 6) is 0. The van der Waals surface area contributed by atoms with Crippen LogP contribution in [0, 0.1) is 0 Å². The van der Waals surface area contributed by atoms with Crippen molar-refractivity contribution in [3.63, 3.8) is 0 Å². The molecule has 6 aliphatic rings. The molecule has 2 atom stereocenters. The lowest BCUT2D eigenvalue weighted by Crippen LogP contribution is -2.64. The number of nitrogens with zero attached hydrogens (tertiary/aromatic N) is 2. The summed E-state index contributed by atoms with van der Waals surface area (Å²) < 4.78 is 0. The molecule has 3 aliphatic carbocycles. The Labute approximate surface area is 422 Å². The van der Waals surface area contributed by atoms with Crippen LogP contribution in [0.5, 0.6) is 0 Å². The standard InChI is InChI=1S/C67H79BN2/c1-12-15-23-43-28-29-58(47(34-43)46-26-19-18-20-27-46)70-59-42-53-48(49-40-54-55(41-52(49)65(53,8)9)64(6,7)33-32-63(54,4)5)39-50(59)51-35-44(24-16-13-2)38-60-61(51)68(70)57-37-45(25-17-14-3)36-56-62(57)69(60)67(11)31-22-21-30-66(56,67)10/h18-20,26-29,34-42H,12-17,21-25,30-33H2,1-11H3. The summed E-state index contributed by atoms with van der Waals surface area (Å²) in [6, 6.07) is 40.6. The first-order valence-electron chi connectivity index (χ1n) is 28.1. The van der Waals surface area contributed by atoms with Crippen LogP contribution in [0.2, 0.25) is 0 Å². The monoisotopic (exact) mass is 923 g/mol. The fraction of sp³-hybridized carbons (Fsp3) is 0.463. The zero-order chi connectivity index (χ0) is 48.7. The maximum atomic E-state index is 2.97. The molecule has 1 fully saturated rings. The summed E-state index contributed by atoms with van der Waals surface area (Å²) in [5, 5.41) is 0. The zero-order valence-electron chi connectivity index (χ0n) is 44.8. The van der Waals surface area contributed by atoms with Crippen LogP contribution >= 0.6 is 0 Å². The molecule has 6 aromatic rings. The molecule has 2 nitrogen and oxygen atoms in total. The molecule has 0 N–H and O–H groups in total. The molecule has 0 amide bonds. The van der Waals surface area contributed by atoms with E-state index in [1.165, 1.54) is 172 Å². The largest absolute Gasteiger partial charge is 0.376 e. The van der Waals surface area contributed by atoms with Crippen LogP contribution in [0.15, 0.2) is 97.1 Å². The van der Waals surface area contributed by atoms with Crippen LogP contribution in [0.3, 0.4) is 0 Å². The number of anilines is 4. The minimum absolute atomic E-state index is 0.0134. The molecular formula is C67H79BN2. The number of hydrogen-bond acceptors (Lipinski definition) is 2. The van der Waals surface area contributed by atoms with Gasteiger partial charge in [0.05, 0.1) is 5.54 Å². The lowest BCUT2D eigenvalue weighted by molar-refractivity contribution is 0.195. The van der Waals surface area contributed by atoms with Gasteiger partial charge in [0.15, 0.2) is 0 Å². The average molecular weight is 923 g/mol. The second-order valence-electron chi connectivity index (χ2n) is 25.4. The summed E-state index contributed by atoms with van der Waals surface area (Å²) in [6.07, 6.45) is 18.0. The Morgan fingerprint density at radius 2 is 1.09 bits per heavy atom. The zero-order valence-corrected chi connectivity index (χ0v) is 44.8. The van der Waals surface area contributed by atoms with Crippen LogP contribution < -0.4 is 20.6 Å². The van der Waals surface area contributed by atoms with E-state index in [1.54, 1.807) is 16.7 Å². The Morgan fingerprint density at radius 3 is 1.79 bits per heavy atom. The Balaban J connectivity index is 1.21. The molecule has 2 unspecified atom stereocenters. The highest BCUT2D eigenvalue weighted by atomic mass is 15.3. The minimum atomic E-state index is -0.164. The molecule has 0 spiro atoms. The first-order chi connectivity index (χ1) is 33.6. The molecular weight excluding hydrogens is 844 g/mol. The van der Waals surface area contributed by atoms with E-state index in [2.05, 4.69) is 183 Å². The first-order valence-corrected chi connectivity index (χ1v) is 28.1. The van der Waals surface area contributed by atoms with Crippen molar-refractivity contribution in [3.05, 3.63) is 142 Å². The molecule has 360 valence electrons. The van der Waals surface area contributed by atoms with Gasteiger partial charge in [-0.3, -0.25) is 0 Å². The number of fused-ring (bicyclic) bond motifs is 11. The van der Waals surface area contributed by atoms with Crippen molar-refractivity contribution in [2.24, 2.45) is 0 Å². The molecule has 1 saturated carbocycles. The normalized spacial score (nSPS) is 22.2. The van der Waals surface area contributed by atoms with Gasteiger partial charge in [0.25, 0.3) is 0 Å². The van der Waals surface area contributed by atoms with Crippen LogP contribution in [-0.4, -0.2) is 12.4 Å². The van der Waals surface area contributed by atoms with E-state index in [0.717, 1.165) is 19.3 Å². The smallest absolute Gasteiger partial charge is 0.333 e. The number of aryl methyl sites for hydroxylation is 3. The summed E-state index contributed by atoms with van der Waals surface area (Å²) in [7, 11) is 0. The lowest BCUT2D eigenvalue weighted by atomic mass is 9.43. The topological polar surface area (TPSA) is 6.48 Å². The maximum absolute atomic E-state index is 2.97. The molecule has 3 aliphatic heterocycles. The van der Waals surface area contributed by atoms with E-state index < -0.39 is 0 Å². The minimum Gasteiger partial charge on any atom is -0.376 e. The van der Waals surface area contributed by atoms with Crippen LogP contribution in [0.25, 0.3) is 33.4 Å². The molecule has 12 rings (SSSR count).